The Morgan fingerprint density at radius 2 is 1.26 bits per heavy atom. The van der Waals surface area contributed by atoms with Gasteiger partial charge in [0.2, 0.25) is 0 Å². The number of carbonyl (C=O) groups excluding carboxylic acids is 1. The van der Waals surface area contributed by atoms with E-state index in [1.54, 1.807) is 12.1 Å². The van der Waals surface area contributed by atoms with E-state index in [1.807, 2.05) is 72.8 Å². The van der Waals surface area contributed by atoms with Crippen LogP contribution < -0.4 is 4.74 Å². The third-order valence-electron chi connectivity index (χ3n) is 3.25. The molecule has 0 heterocycles. The van der Waals surface area contributed by atoms with Crippen molar-refractivity contribution in [3.05, 3.63) is 90.5 Å². The molecule has 0 aliphatic carbocycles. The first-order valence-electron chi connectivity index (χ1n) is 7.26. The highest BCUT2D eigenvalue weighted by Gasteiger charge is 2.02. The average molecular weight is 298 g/mol. The van der Waals surface area contributed by atoms with Gasteiger partial charge in [0.15, 0.2) is 0 Å². The molecule has 0 atom stereocenters. The Kier molecular flexibility index (Phi) is 4.52. The van der Waals surface area contributed by atoms with Gasteiger partial charge < -0.3 is 4.74 Å². The van der Waals surface area contributed by atoms with Crippen LogP contribution in [-0.4, -0.2) is 5.97 Å². The summed E-state index contributed by atoms with van der Waals surface area (Å²) in [5.41, 5.74) is 2.97. The summed E-state index contributed by atoms with van der Waals surface area (Å²) in [6.45, 7) is 0. The van der Waals surface area contributed by atoms with Crippen LogP contribution in [0.3, 0.4) is 0 Å². The number of hydrogen-bond donors (Lipinski definition) is 0. The lowest BCUT2D eigenvalue weighted by Crippen LogP contribution is -2.04. The van der Waals surface area contributed by atoms with Crippen LogP contribution in [0.2, 0.25) is 0 Å². The summed E-state index contributed by atoms with van der Waals surface area (Å²) in [7, 11) is 0. The number of benzene rings is 3. The molecule has 0 aromatic heterocycles. The highest BCUT2D eigenvalue weighted by molar-refractivity contribution is 5.90. The molecule has 0 aliphatic heterocycles. The summed E-state index contributed by atoms with van der Waals surface area (Å²) in [5, 5.41) is 0. The smallest absolute Gasteiger partial charge is 0.390 e. The molecule has 0 saturated carbocycles. The van der Waals surface area contributed by atoms with E-state index < -0.39 is 5.97 Å². The molecule has 0 radical (unpaired) electrons. The molecule has 0 spiro atoms. The molecule has 0 N–H and O–H groups in total. The highest BCUT2D eigenvalue weighted by Crippen LogP contribution is 2.22. The van der Waals surface area contributed by atoms with Crippen molar-refractivity contribution in [2.75, 3.05) is 0 Å². The predicted octanol–water partition coefficient (Wildman–Crippen LogP) is 4.31. The number of esters is 1. The third-order valence-corrected chi connectivity index (χ3v) is 3.25. The Morgan fingerprint density at radius 3 is 1.91 bits per heavy atom. The molecule has 0 fully saturated rings. The van der Waals surface area contributed by atoms with Crippen molar-refractivity contribution in [1.29, 1.82) is 0 Å². The van der Waals surface area contributed by atoms with Gasteiger partial charge in [0.05, 0.1) is 0 Å². The maximum Gasteiger partial charge on any atom is 0.390 e. The summed E-state index contributed by atoms with van der Waals surface area (Å²) >= 11 is 0. The molecule has 0 saturated heterocycles. The zero-order chi connectivity index (χ0) is 15.9. The minimum Gasteiger partial charge on any atom is -0.417 e. The monoisotopic (exact) mass is 298 g/mol. The Hall–Kier alpha value is -3.31. The van der Waals surface area contributed by atoms with Crippen molar-refractivity contribution in [2.24, 2.45) is 0 Å². The maximum atomic E-state index is 11.7. The fourth-order valence-corrected chi connectivity index (χ4v) is 2.12. The summed E-state index contributed by atoms with van der Waals surface area (Å²) in [6, 6.07) is 26.7. The molecule has 23 heavy (non-hydrogen) atoms. The molecular weight excluding hydrogens is 284 g/mol. The number of carbonyl (C=O) groups is 1. The SMILES string of the molecule is O=C(C#Cc1ccccc1)Oc1ccc(-c2ccccc2)cc1. The minimum atomic E-state index is -0.568. The van der Waals surface area contributed by atoms with E-state index in [4.69, 9.17) is 4.74 Å². The van der Waals surface area contributed by atoms with E-state index in [0.717, 1.165) is 16.7 Å². The fourth-order valence-electron chi connectivity index (χ4n) is 2.12. The van der Waals surface area contributed by atoms with Crippen molar-refractivity contribution in [3.8, 4) is 28.7 Å². The second-order valence-electron chi connectivity index (χ2n) is 4.90. The third kappa shape index (κ3) is 4.09. The first kappa shape index (κ1) is 14.6. The number of hydrogen-bond acceptors (Lipinski definition) is 2. The highest BCUT2D eigenvalue weighted by atomic mass is 16.5. The summed E-state index contributed by atoms with van der Waals surface area (Å²) in [5.74, 6) is 5.18. The molecule has 2 heteroatoms. The van der Waals surface area contributed by atoms with E-state index in [-0.39, 0.29) is 0 Å². The van der Waals surface area contributed by atoms with Crippen LogP contribution in [0.1, 0.15) is 5.56 Å². The molecule has 3 aromatic rings. The minimum absolute atomic E-state index is 0.483. The van der Waals surface area contributed by atoms with Crippen LogP contribution in [0.15, 0.2) is 84.9 Å². The largest absolute Gasteiger partial charge is 0.417 e. The summed E-state index contributed by atoms with van der Waals surface area (Å²) in [6.07, 6.45) is 0. The molecule has 0 bridgehead atoms. The van der Waals surface area contributed by atoms with Gasteiger partial charge in [0.25, 0.3) is 0 Å². The van der Waals surface area contributed by atoms with E-state index >= 15 is 0 Å². The van der Waals surface area contributed by atoms with Gasteiger partial charge in [-0.25, -0.2) is 4.79 Å². The van der Waals surface area contributed by atoms with Gasteiger partial charge in [0.1, 0.15) is 5.75 Å². The van der Waals surface area contributed by atoms with E-state index in [0.29, 0.717) is 5.75 Å². The van der Waals surface area contributed by atoms with Gasteiger partial charge in [-0.3, -0.25) is 0 Å². The normalized spacial score (nSPS) is 9.57. The van der Waals surface area contributed by atoms with Crippen molar-refractivity contribution in [3.63, 3.8) is 0 Å². The van der Waals surface area contributed by atoms with E-state index in [1.165, 1.54) is 0 Å². The molecule has 0 unspecified atom stereocenters. The van der Waals surface area contributed by atoms with Crippen LogP contribution in [0.4, 0.5) is 0 Å². The van der Waals surface area contributed by atoms with Crippen molar-refractivity contribution < 1.29 is 9.53 Å². The van der Waals surface area contributed by atoms with Crippen LogP contribution in [0.5, 0.6) is 5.75 Å². The van der Waals surface area contributed by atoms with Gasteiger partial charge in [-0.1, -0.05) is 66.6 Å². The molecule has 110 valence electrons. The quantitative estimate of drug-likeness (QED) is 0.400. The zero-order valence-corrected chi connectivity index (χ0v) is 12.4. The summed E-state index contributed by atoms with van der Waals surface area (Å²) < 4.78 is 5.21. The van der Waals surface area contributed by atoms with Crippen molar-refractivity contribution in [1.82, 2.24) is 0 Å². The van der Waals surface area contributed by atoms with Crippen LogP contribution in [0.25, 0.3) is 11.1 Å². The van der Waals surface area contributed by atoms with Crippen LogP contribution >= 0.6 is 0 Å². The predicted molar refractivity (Wildman–Crippen MR) is 90.8 cm³/mol. The summed E-state index contributed by atoms with van der Waals surface area (Å²) in [4.78, 5) is 11.7. The Bertz CT molecular complexity index is 839. The van der Waals surface area contributed by atoms with Crippen LogP contribution in [-0.2, 0) is 4.79 Å². The Balaban J connectivity index is 1.67. The second-order valence-corrected chi connectivity index (χ2v) is 4.90. The van der Waals surface area contributed by atoms with Gasteiger partial charge in [-0.2, -0.15) is 0 Å². The van der Waals surface area contributed by atoms with Gasteiger partial charge in [-0.15, -0.1) is 0 Å². The first-order valence-corrected chi connectivity index (χ1v) is 7.26. The number of ether oxygens (including phenoxy) is 1. The van der Waals surface area contributed by atoms with Gasteiger partial charge in [-0.05, 0) is 35.4 Å². The molecule has 3 rings (SSSR count). The fraction of sp³-hybridized carbons (Fsp3) is 0. The lowest BCUT2D eigenvalue weighted by atomic mass is 10.1. The maximum absolute atomic E-state index is 11.7. The molecule has 0 amide bonds. The van der Waals surface area contributed by atoms with E-state index in [2.05, 4.69) is 11.8 Å². The Labute approximate surface area is 135 Å². The van der Waals surface area contributed by atoms with Crippen molar-refractivity contribution >= 4 is 5.97 Å². The lowest BCUT2D eigenvalue weighted by Gasteiger charge is -2.03. The first-order chi connectivity index (χ1) is 11.3. The number of rotatable bonds is 2. The van der Waals surface area contributed by atoms with Crippen LogP contribution in [0, 0.1) is 11.8 Å². The molecule has 0 aliphatic rings. The molecule has 2 nitrogen and oxygen atoms in total. The van der Waals surface area contributed by atoms with Crippen molar-refractivity contribution in [2.45, 2.75) is 0 Å². The standard InChI is InChI=1S/C21H14O2/c22-21(16-11-17-7-3-1-4-8-17)23-20-14-12-19(13-15-20)18-9-5-2-6-10-18/h1-10,12-15H. The van der Waals surface area contributed by atoms with Gasteiger partial charge in [0, 0.05) is 11.5 Å². The Morgan fingerprint density at radius 1 is 0.696 bits per heavy atom. The lowest BCUT2D eigenvalue weighted by molar-refractivity contribution is -0.128. The zero-order valence-electron chi connectivity index (χ0n) is 12.4. The van der Waals surface area contributed by atoms with Gasteiger partial charge >= 0.3 is 5.97 Å². The molecule has 3 aromatic carbocycles. The topological polar surface area (TPSA) is 26.3 Å². The average Bonchev–Trinajstić information content (AvgIpc) is 2.62. The molecular formula is C21H14O2. The second kappa shape index (κ2) is 7.11. The van der Waals surface area contributed by atoms with E-state index in [9.17, 15) is 4.79 Å².